The van der Waals surface area contributed by atoms with Gasteiger partial charge in [0.05, 0.1) is 10.1 Å². The third-order valence-electron chi connectivity index (χ3n) is 2.95. The molecule has 1 aliphatic rings. The minimum Gasteiger partial charge on any atom is -0.290 e. The molecule has 0 spiro atoms. The van der Waals surface area contributed by atoms with Crippen LogP contribution in [-0.4, -0.2) is 36.2 Å². The molecule has 0 aromatic heterocycles. The van der Waals surface area contributed by atoms with Crippen LogP contribution in [0.3, 0.4) is 0 Å². The van der Waals surface area contributed by atoms with Gasteiger partial charge in [-0.15, -0.1) is 4.40 Å². The van der Waals surface area contributed by atoms with Gasteiger partial charge in [0, 0.05) is 6.54 Å². The summed E-state index contributed by atoms with van der Waals surface area (Å²) in [5.41, 5.74) is 0. The van der Waals surface area contributed by atoms with E-state index >= 15 is 0 Å². The van der Waals surface area contributed by atoms with Gasteiger partial charge in [-0.25, -0.2) is 0 Å². The molecule has 0 bridgehead atoms. The predicted molar refractivity (Wildman–Crippen MR) is 80.1 cm³/mol. The summed E-state index contributed by atoms with van der Waals surface area (Å²) in [7, 11) is -3.77. The maximum atomic E-state index is 12.2. The van der Waals surface area contributed by atoms with E-state index in [2.05, 4.69) is 4.40 Å². The van der Waals surface area contributed by atoms with Gasteiger partial charge in [0.15, 0.2) is 5.17 Å². The van der Waals surface area contributed by atoms with Gasteiger partial charge in [-0.3, -0.25) is 9.69 Å². The van der Waals surface area contributed by atoms with E-state index in [0.29, 0.717) is 13.0 Å². The largest absolute Gasteiger partial charge is 0.290 e. The number of rotatable bonds is 4. The summed E-state index contributed by atoms with van der Waals surface area (Å²) in [6.07, 6.45) is 0.657. The molecule has 1 aromatic carbocycles. The monoisotopic (exact) mass is 312 g/mol. The van der Waals surface area contributed by atoms with Crippen molar-refractivity contribution in [1.82, 2.24) is 4.90 Å². The number of carbonyl (C=O) groups is 1. The quantitative estimate of drug-likeness (QED) is 0.854. The van der Waals surface area contributed by atoms with Crippen molar-refractivity contribution >= 4 is 32.9 Å². The molecule has 20 heavy (non-hydrogen) atoms. The number of hydrogen-bond donors (Lipinski definition) is 0. The SMILES string of the molecule is CC[C@@H]1SC(=NS(=O)(=O)c2ccccc2)N(CC)C1=O. The van der Waals surface area contributed by atoms with Gasteiger partial charge in [-0.2, -0.15) is 8.42 Å². The smallest absolute Gasteiger partial charge is 0.284 e. The van der Waals surface area contributed by atoms with Crippen molar-refractivity contribution in [3.63, 3.8) is 0 Å². The summed E-state index contributed by atoms with van der Waals surface area (Å²) in [5, 5.41) is 0.0351. The van der Waals surface area contributed by atoms with Crippen LogP contribution in [0.4, 0.5) is 0 Å². The summed E-state index contributed by atoms with van der Waals surface area (Å²) in [5.74, 6) is -0.0676. The maximum Gasteiger partial charge on any atom is 0.284 e. The van der Waals surface area contributed by atoms with Crippen LogP contribution < -0.4 is 0 Å². The average molecular weight is 312 g/mol. The first-order chi connectivity index (χ1) is 9.49. The van der Waals surface area contributed by atoms with Crippen LogP contribution in [0.25, 0.3) is 0 Å². The van der Waals surface area contributed by atoms with Gasteiger partial charge in [0.1, 0.15) is 0 Å². The van der Waals surface area contributed by atoms with Crippen LogP contribution in [0, 0.1) is 0 Å². The minimum absolute atomic E-state index is 0.0676. The Kier molecular flexibility index (Phi) is 4.49. The number of amidine groups is 1. The number of amides is 1. The zero-order valence-corrected chi connectivity index (χ0v) is 12.9. The highest BCUT2D eigenvalue weighted by Crippen LogP contribution is 2.30. The first kappa shape index (κ1) is 15.1. The van der Waals surface area contributed by atoms with Crippen molar-refractivity contribution in [1.29, 1.82) is 0 Å². The van der Waals surface area contributed by atoms with Gasteiger partial charge in [0.2, 0.25) is 5.91 Å². The van der Waals surface area contributed by atoms with Crippen LogP contribution in [0.2, 0.25) is 0 Å². The number of thioether (sulfide) groups is 1. The molecule has 1 atom stereocenters. The first-order valence-electron chi connectivity index (χ1n) is 6.37. The molecule has 7 heteroatoms. The summed E-state index contributed by atoms with van der Waals surface area (Å²) in [6, 6.07) is 8.02. The summed E-state index contributed by atoms with van der Waals surface area (Å²) < 4.78 is 28.3. The van der Waals surface area contributed by atoms with Gasteiger partial charge in [-0.05, 0) is 25.5 Å². The Morgan fingerprint density at radius 1 is 1.25 bits per heavy atom. The number of nitrogens with zero attached hydrogens (tertiary/aromatic N) is 2. The van der Waals surface area contributed by atoms with E-state index in [-0.39, 0.29) is 21.2 Å². The highest BCUT2D eigenvalue weighted by atomic mass is 32.2. The molecule has 0 aliphatic carbocycles. The van der Waals surface area contributed by atoms with Crippen molar-refractivity contribution < 1.29 is 13.2 Å². The van der Waals surface area contributed by atoms with E-state index in [1.807, 2.05) is 6.92 Å². The van der Waals surface area contributed by atoms with Crippen LogP contribution in [-0.2, 0) is 14.8 Å². The zero-order chi connectivity index (χ0) is 14.8. The van der Waals surface area contributed by atoms with E-state index in [9.17, 15) is 13.2 Å². The first-order valence-corrected chi connectivity index (χ1v) is 8.69. The fourth-order valence-corrected chi connectivity index (χ4v) is 4.25. The van der Waals surface area contributed by atoms with E-state index in [1.165, 1.54) is 28.8 Å². The molecule has 0 saturated carbocycles. The highest BCUT2D eigenvalue weighted by molar-refractivity contribution is 8.16. The Hall–Kier alpha value is -1.34. The van der Waals surface area contributed by atoms with Crippen molar-refractivity contribution in [3.05, 3.63) is 30.3 Å². The lowest BCUT2D eigenvalue weighted by atomic mass is 10.3. The van der Waals surface area contributed by atoms with Gasteiger partial charge < -0.3 is 0 Å². The highest BCUT2D eigenvalue weighted by Gasteiger charge is 2.37. The second-order valence-electron chi connectivity index (χ2n) is 4.26. The fourth-order valence-electron chi connectivity index (χ4n) is 1.88. The normalized spacial score (nSPS) is 21.7. The Balaban J connectivity index is 2.37. The molecule has 1 saturated heterocycles. The number of carbonyl (C=O) groups excluding carboxylic acids is 1. The van der Waals surface area contributed by atoms with Crippen LogP contribution >= 0.6 is 11.8 Å². The van der Waals surface area contributed by atoms with Crippen molar-refractivity contribution in [2.24, 2.45) is 4.40 Å². The van der Waals surface area contributed by atoms with Gasteiger partial charge in [-0.1, -0.05) is 36.9 Å². The third-order valence-corrected chi connectivity index (χ3v) is 5.69. The second kappa shape index (κ2) is 5.97. The minimum atomic E-state index is -3.77. The van der Waals surface area contributed by atoms with Crippen molar-refractivity contribution in [2.75, 3.05) is 6.54 Å². The maximum absolute atomic E-state index is 12.2. The lowest BCUT2D eigenvalue weighted by Crippen LogP contribution is -2.32. The van der Waals surface area contributed by atoms with Gasteiger partial charge >= 0.3 is 0 Å². The average Bonchev–Trinajstić information content (AvgIpc) is 2.74. The third kappa shape index (κ3) is 2.88. The Labute approximate surface area is 123 Å². The number of benzene rings is 1. The Morgan fingerprint density at radius 3 is 2.45 bits per heavy atom. The molecule has 2 rings (SSSR count). The molecule has 0 radical (unpaired) electrons. The number of hydrogen-bond acceptors (Lipinski definition) is 4. The topological polar surface area (TPSA) is 66.8 Å². The van der Waals surface area contributed by atoms with E-state index in [1.54, 1.807) is 25.1 Å². The van der Waals surface area contributed by atoms with Crippen LogP contribution in [0.1, 0.15) is 20.3 Å². The molecule has 1 aliphatic heterocycles. The molecule has 1 amide bonds. The molecular formula is C13H16N2O3S2. The predicted octanol–water partition coefficient (Wildman–Crippen LogP) is 2.11. The van der Waals surface area contributed by atoms with E-state index < -0.39 is 10.0 Å². The van der Waals surface area contributed by atoms with Gasteiger partial charge in [0.25, 0.3) is 10.0 Å². The van der Waals surface area contributed by atoms with Crippen LogP contribution in [0.5, 0.6) is 0 Å². The Morgan fingerprint density at radius 2 is 1.90 bits per heavy atom. The van der Waals surface area contributed by atoms with Crippen molar-refractivity contribution in [2.45, 2.75) is 30.4 Å². The van der Waals surface area contributed by atoms with Crippen molar-refractivity contribution in [3.8, 4) is 0 Å². The molecule has 1 fully saturated rings. The lowest BCUT2D eigenvalue weighted by Gasteiger charge is -2.12. The van der Waals surface area contributed by atoms with E-state index in [4.69, 9.17) is 0 Å². The molecule has 1 heterocycles. The van der Waals surface area contributed by atoms with E-state index in [0.717, 1.165) is 0 Å². The zero-order valence-electron chi connectivity index (χ0n) is 11.3. The Bertz CT molecular complexity index is 626. The van der Waals surface area contributed by atoms with Crippen LogP contribution in [0.15, 0.2) is 39.6 Å². The molecule has 108 valence electrons. The lowest BCUT2D eigenvalue weighted by molar-refractivity contribution is -0.126. The fraction of sp³-hybridized carbons (Fsp3) is 0.385. The summed E-state index contributed by atoms with van der Waals surface area (Å²) in [6.45, 7) is 4.13. The molecule has 5 nitrogen and oxygen atoms in total. The molecule has 0 N–H and O–H groups in total. The molecule has 1 aromatic rings. The standard InChI is InChI=1S/C13H16N2O3S2/c1-3-11-12(16)15(4-2)13(19-11)14-20(17,18)10-8-6-5-7-9-10/h5-9,11H,3-4H2,1-2H3/t11-/m0/s1. The molecular weight excluding hydrogens is 296 g/mol. The summed E-state index contributed by atoms with van der Waals surface area (Å²) in [4.78, 5) is 13.6. The molecule has 0 unspecified atom stereocenters. The second-order valence-corrected chi connectivity index (χ2v) is 7.03. The summed E-state index contributed by atoms with van der Waals surface area (Å²) >= 11 is 1.22. The number of sulfonamides is 1.